The van der Waals surface area contributed by atoms with Gasteiger partial charge in [-0.25, -0.2) is 23.3 Å². The van der Waals surface area contributed by atoms with Crippen LogP contribution in [0.4, 0.5) is 10.8 Å². The Hall–Kier alpha value is -3.41. The molecule has 0 amide bonds. The molecule has 3 aromatic carbocycles. The van der Waals surface area contributed by atoms with E-state index in [4.69, 9.17) is 9.88 Å². The van der Waals surface area contributed by atoms with Gasteiger partial charge in [-0.05, 0) is 31.2 Å². The molecule has 0 unspecified atom stereocenters. The Bertz CT molecular complexity index is 1430. The van der Waals surface area contributed by atoms with E-state index in [0.717, 1.165) is 16.3 Å². The van der Waals surface area contributed by atoms with Crippen LogP contribution in [0.5, 0.6) is 5.75 Å². The fraction of sp³-hybridized carbons (Fsp3) is 0.100. The highest BCUT2D eigenvalue weighted by Crippen LogP contribution is 2.41. The zero-order chi connectivity index (χ0) is 22.2. The quantitative estimate of drug-likeness (QED) is 0.336. The van der Waals surface area contributed by atoms with Crippen molar-refractivity contribution in [1.29, 1.82) is 0 Å². The lowest BCUT2D eigenvalue weighted by atomic mass is 10.0. The molecule has 0 radical (unpaired) electrons. The number of carbonyl (C=O) groups is 1. The molecule has 0 spiro atoms. The predicted molar refractivity (Wildman–Crippen MR) is 117 cm³/mol. The summed E-state index contributed by atoms with van der Waals surface area (Å²) in [6.45, 7) is 1.80. The van der Waals surface area contributed by atoms with Crippen molar-refractivity contribution >= 4 is 59.1 Å². The van der Waals surface area contributed by atoms with Crippen LogP contribution in [0.25, 0.3) is 21.0 Å². The molecule has 0 aliphatic carbocycles. The van der Waals surface area contributed by atoms with Gasteiger partial charge in [0.15, 0.2) is 0 Å². The number of aromatic hydroxyl groups is 1. The van der Waals surface area contributed by atoms with Gasteiger partial charge in [-0.1, -0.05) is 35.6 Å². The molecule has 3 N–H and O–H groups in total. The first kappa shape index (κ1) is 20.8. The number of aromatic nitrogens is 1. The number of hydrogen-bond acceptors (Lipinski definition) is 9. The Kier molecular flexibility index (Phi) is 5.39. The minimum Gasteiger partial charge on any atom is -0.506 e. The summed E-state index contributed by atoms with van der Waals surface area (Å²) in [4.78, 5) is 16.3. The minimum atomic E-state index is -4.28. The Labute approximate surface area is 180 Å². The molecule has 1 heterocycles. The van der Waals surface area contributed by atoms with Crippen molar-refractivity contribution in [2.45, 2.75) is 11.8 Å². The molecule has 1 aromatic heterocycles. The third kappa shape index (κ3) is 3.98. The molecule has 4 rings (SSSR count). The largest absolute Gasteiger partial charge is 0.506 e. The summed E-state index contributed by atoms with van der Waals surface area (Å²) in [7, 11) is -4.28. The molecule has 0 aliphatic rings. The van der Waals surface area contributed by atoms with Crippen LogP contribution in [0.1, 0.15) is 17.3 Å². The number of phenols is 1. The zero-order valence-corrected chi connectivity index (χ0v) is 17.8. The van der Waals surface area contributed by atoms with E-state index in [1.54, 1.807) is 6.92 Å². The number of nitrogens with zero attached hydrogens (tertiary/aromatic N) is 3. The third-order valence-corrected chi connectivity index (χ3v) is 6.25. The molecule has 158 valence electrons. The number of rotatable bonds is 5. The highest BCUT2D eigenvalue weighted by molar-refractivity contribution is 7.89. The van der Waals surface area contributed by atoms with E-state index in [1.165, 1.54) is 29.5 Å². The maximum absolute atomic E-state index is 12.5. The Morgan fingerprint density at radius 3 is 2.68 bits per heavy atom. The smallest absolute Gasteiger partial charge is 0.338 e. The molecule has 0 atom stereocenters. The first-order valence-corrected chi connectivity index (χ1v) is 11.4. The minimum absolute atomic E-state index is 0.0275. The topological polar surface area (TPSA) is 144 Å². The van der Waals surface area contributed by atoms with Crippen molar-refractivity contribution in [3.05, 3.63) is 54.1 Å². The molecular weight excluding hydrogens is 440 g/mol. The maximum atomic E-state index is 12.5. The number of hydrogen-bond donors (Lipinski definition) is 2. The molecular formula is C20H16N4O5S2. The van der Waals surface area contributed by atoms with Gasteiger partial charge in [-0.2, -0.15) is 0 Å². The fourth-order valence-corrected chi connectivity index (χ4v) is 4.54. The summed E-state index contributed by atoms with van der Waals surface area (Å²) in [6, 6.07) is 13.0. The van der Waals surface area contributed by atoms with Crippen molar-refractivity contribution in [1.82, 2.24) is 4.98 Å². The Morgan fingerprint density at radius 1 is 1.19 bits per heavy atom. The van der Waals surface area contributed by atoms with Crippen LogP contribution < -0.4 is 5.14 Å². The number of sulfonamides is 1. The number of nitrogens with two attached hydrogens (primary N) is 1. The lowest BCUT2D eigenvalue weighted by Gasteiger charge is -2.12. The number of benzene rings is 3. The molecule has 0 fully saturated rings. The molecule has 11 heteroatoms. The molecule has 4 aromatic rings. The van der Waals surface area contributed by atoms with E-state index in [2.05, 4.69) is 15.2 Å². The van der Waals surface area contributed by atoms with Gasteiger partial charge in [0, 0.05) is 10.8 Å². The van der Waals surface area contributed by atoms with Gasteiger partial charge >= 0.3 is 5.97 Å². The second-order valence-corrected chi connectivity index (χ2v) is 8.94. The van der Waals surface area contributed by atoms with Gasteiger partial charge < -0.3 is 9.84 Å². The van der Waals surface area contributed by atoms with Gasteiger partial charge in [0.2, 0.25) is 15.2 Å². The van der Waals surface area contributed by atoms with E-state index in [-0.39, 0.29) is 28.6 Å². The van der Waals surface area contributed by atoms with Crippen molar-refractivity contribution in [3.63, 3.8) is 0 Å². The first-order chi connectivity index (χ1) is 14.8. The van der Waals surface area contributed by atoms with Crippen LogP contribution in [0.2, 0.25) is 0 Å². The summed E-state index contributed by atoms with van der Waals surface area (Å²) < 4.78 is 30.0. The van der Waals surface area contributed by atoms with Gasteiger partial charge in [0.05, 0.1) is 28.1 Å². The average molecular weight is 457 g/mol. The van der Waals surface area contributed by atoms with E-state index >= 15 is 0 Å². The number of fused-ring (bicyclic) bond motifs is 2. The van der Waals surface area contributed by atoms with E-state index in [0.29, 0.717) is 5.13 Å². The summed E-state index contributed by atoms with van der Waals surface area (Å²) in [5.41, 5.74) is 0.878. The number of ether oxygens (including phenoxy) is 1. The highest BCUT2D eigenvalue weighted by atomic mass is 32.2. The molecule has 0 aliphatic heterocycles. The van der Waals surface area contributed by atoms with Crippen LogP contribution in [0.15, 0.2) is 63.7 Å². The number of para-hydroxylation sites is 1. The van der Waals surface area contributed by atoms with Crippen molar-refractivity contribution < 1.29 is 23.1 Å². The summed E-state index contributed by atoms with van der Waals surface area (Å²) in [5, 5.41) is 24.7. The second-order valence-electron chi connectivity index (χ2n) is 6.40. The molecule has 0 saturated heterocycles. The number of carbonyl (C=O) groups excluding carboxylic acids is 1. The van der Waals surface area contributed by atoms with E-state index < -0.39 is 26.6 Å². The molecule has 0 saturated carbocycles. The monoisotopic (exact) mass is 456 g/mol. The van der Waals surface area contributed by atoms with Gasteiger partial charge in [-0.15, -0.1) is 10.2 Å². The molecule has 31 heavy (non-hydrogen) atoms. The number of esters is 1. The number of phenolic OH excluding ortho intramolecular Hbond substituents is 1. The standard InChI is InChI=1S/C20H16N4O5S2/c1-2-29-19(26)12-7-5-6-11-17(12)14(10-16(18(11)25)31(21,27)28)23-24-20-22-13-8-3-4-9-15(13)30-20/h3-10,25H,2H2,1H3,(H2,21,27,28)/b24-23+. The van der Waals surface area contributed by atoms with Gasteiger partial charge in [0.1, 0.15) is 10.6 Å². The third-order valence-electron chi connectivity index (χ3n) is 4.40. The summed E-state index contributed by atoms with van der Waals surface area (Å²) in [5.74, 6) is -1.23. The highest BCUT2D eigenvalue weighted by Gasteiger charge is 2.23. The normalized spacial score (nSPS) is 12.1. The van der Waals surface area contributed by atoms with Crippen molar-refractivity contribution in [2.75, 3.05) is 6.61 Å². The number of azo groups is 1. The van der Waals surface area contributed by atoms with Crippen LogP contribution in [0.3, 0.4) is 0 Å². The predicted octanol–water partition coefficient (Wildman–Crippen LogP) is 4.39. The maximum Gasteiger partial charge on any atom is 0.338 e. The number of thiazole rings is 1. The zero-order valence-electron chi connectivity index (χ0n) is 16.1. The van der Waals surface area contributed by atoms with Gasteiger partial charge in [-0.3, -0.25) is 0 Å². The van der Waals surface area contributed by atoms with Crippen molar-refractivity contribution in [3.8, 4) is 5.75 Å². The molecule has 0 bridgehead atoms. The van der Waals surface area contributed by atoms with E-state index in [1.807, 2.05) is 24.3 Å². The Balaban J connectivity index is 1.96. The lowest BCUT2D eigenvalue weighted by Crippen LogP contribution is -2.13. The average Bonchev–Trinajstić information content (AvgIpc) is 3.15. The van der Waals surface area contributed by atoms with Crippen LogP contribution in [-0.2, 0) is 14.8 Å². The summed E-state index contributed by atoms with van der Waals surface area (Å²) >= 11 is 1.30. The van der Waals surface area contributed by atoms with Crippen LogP contribution in [0, 0.1) is 0 Å². The van der Waals surface area contributed by atoms with E-state index in [9.17, 15) is 18.3 Å². The second kappa shape index (κ2) is 8.02. The number of primary sulfonamides is 1. The fourth-order valence-electron chi connectivity index (χ4n) is 3.10. The van der Waals surface area contributed by atoms with Gasteiger partial charge in [0.25, 0.3) is 0 Å². The SMILES string of the molecule is CCOC(=O)c1cccc2c(O)c(S(N)(=O)=O)cc(/N=N/c3nc4ccccc4s3)c12. The van der Waals surface area contributed by atoms with Crippen LogP contribution in [-0.4, -0.2) is 31.1 Å². The summed E-state index contributed by atoms with van der Waals surface area (Å²) in [6.07, 6.45) is 0. The lowest BCUT2D eigenvalue weighted by molar-refractivity contribution is 0.0528. The molecule has 9 nitrogen and oxygen atoms in total. The van der Waals surface area contributed by atoms with Crippen LogP contribution >= 0.6 is 11.3 Å². The van der Waals surface area contributed by atoms with Crippen molar-refractivity contribution in [2.24, 2.45) is 15.4 Å². The first-order valence-electron chi connectivity index (χ1n) is 9.05. The Morgan fingerprint density at radius 2 is 1.97 bits per heavy atom.